The van der Waals surface area contributed by atoms with Crippen molar-refractivity contribution in [3.63, 3.8) is 0 Å². The molecular weight excluding hydrogens is 409 g/mol. The van der Waals surface area contributed by atoms with Gasteiger partial charge in [0.1, 0.15) is 20.1 Å². The van der Waals surface area contributed by atoms with E-state index >= 15 is 0 Å². The van der Waals surface area contributed by atoms with Crippen molar-refractivity contribution in [1.82, 2.24) is 9.78 Å². The number of hydrogen-bond donors (Lipinski definition) is 1. The standard InChI is InChI=1S/C11H13BrIN5/c1-3-8(9(15)4-14)10(12)16-5-7-6-18(2)17-11(7)13/h6H,3,5,15H2,1-2H3. The van der Waals surface area contributed by atoms with Crippen LogP contribution in [-0.4, -0.2) is 14.4 Å². The molecule has 18 heavy (non-hydrogen) atoms. The van der Waals surface area contributed by atoms with Crippen LogP contribution in [-0.2, 0) is 13.6 Å². The van der Waals surface area contributed by atoms with Gasteiger partial charge in [0.25, 0.3) is 0 Å². The van der Waals surface area contributed by atoms with E-state index in [2.05, 4.69) is 48.6 Å². The van der Waals surface area contributed by atoms with Gasteiger partial charge in [0.15, 0.2) is 0 Å². The summed E-state index contributed by atoms with van der Waals surface area (Å²) in [6.07, 6.45) is 2.59. The first-order chi connectivity index (χ1) is 8.49. The predicted molar refractivity (Wildman–Crippen MR) is 83.1 cm³/mol. The SMILES string of the molecule is CCC(C(Br)=NCc1cn(C)nc1I)=C(N)C#N. The monoisotopic (exact) mass is 421 g/mol. The van der Waals surface area contributed by atoms with Crippen LogP contribution in [0, 0.1) is 15.0 Å². The van der Waals surface area contributed by atoms with E-state index in [9.17, 15) is 0 Å². The van der Waals surface area contributed by atoms with Gasteiger partial charge in [-0.3, -0.25) is 9.67 Å². The molecule has 0 radical (unpaired) electrons. The van der Waals surface area contributed by atoms with Gasteiger partial charge in [-0.05, 0) is 44.9 Å². The first-order valence-corrected chi connectivity index (χ1v) is 7.13. The van der Waals surface area contributed by atoms with Crippen molar-refractivity contribution in [3.8, 4) is 6.07 Å². The van der Waals surface area contributed by atoms with Crippen LogP contribution < -0.4 is 5.73 Å². The van der Waals surface area contributed by atoms with Crippen LogP contribution in [0.2, 0.25) is 0 Å². The summed E-state index contributed by atoms with van der Waals surface area (Å²) in [7, 11) is 1.87. The number of aliphatic imine (C=N–C) groups is 1. The maximum Gasteiger partial charge on any atom is 0.128 e. The highest BCUT2D eigenvalue weighted by atomic mass is 127. The number of hydrogen-bond acceptors (Lipinski definition) is 4. The Kier molecular flexibility index (Phi) is 5.81. The van der Waals surface area contributed by atoms with Gasteiger partial charge in [-0.2, -0.15) is 10.4 Å². The van der Waals surface area contributed by atoms with Crippen LogP contribution >= 0.6 is 38.5 Å². The summed E-state index contributed by atoms with van der Waals surface area (Å²) >= 11 is 5.54. The predicted octanol–water partition coefficient (Wildman–Crippen LogP) is 2.46. The first kappa shape index (κ1) is 15.2. The van der Waals surface area contributed by atoms with E-state index < -0.39 is 0 Å². The van der Waals surface area contributed by atoms with Crippen LogP contribution in [0.3, 0.4) is 0 Å². The highest BCUT2D eigenvalue weighted by molar-refractivity contribution is 14.1. The molecule has 0 saturated carbocycles. The van der Waals surface area contributed by atoms with Crippen LogP contribution in [0.15, 0.2) is 22.5 Å². The Morgan fingerprint density at radius 1 is 1.72 bits per heavy atom. The molecule has 1 aromatic heterocycles. The van der Waals surface area contributed by atoms with E-state index in [1.807, 2.05) is 26.2 Å². The molecule has 0 saturated heterocycles. The van der Waals surface area contributed by atoms with Gasteiger partial charge in [-0.15, -0.1) is 0 Å². The van der Waals surface area contributed by atoms with E-state index in [4.69, 9.17) is 11.0 Å². The van der Waals surface area contributed by atoms with Gasteiger partial charge in [0, 0.05) is 24.4 Å². The van der Waals surface area contributed by atoms with Crippen LogP contribution in [0.1, 0.15) is 18.9 Å². The minimum Gasteiger partial charge on any atom is -0.390 e. The zero-order chi connectivity index (χ0) is 13.7. The van der Waals surface area contributed by atoms with E-state index in [0.29, 0.717) is 17.6 Å². The van der Waals surface area contributed by atoms with Gasteiger partial charge >= 0.3 is 0 Å². The van der Waals surface area contributed by atoms with Crippen molar-refractivity contribution in [2.75, 3.05) is 0 Å². The van der Waals surface area contributed by atoms with Gasteiger partial charge in [0.05, 0.1) is 6.54 Å². The smallest absolute Gasteiger partial charge is 0.128 e. The van der Waals surface area contributed by atoms with Crippen molar-refractivity contribution in [3.05, 3.63) is 26.7 Å². The fourth-order valence-electron chi connectivity index (χ4n) is 1.38. The van der Waals surface area contributed by atoms with E-state index in [1.165, 1.54) is 0 Å². The highest BCUT2D eigenvalue weighted by Gasteiger charge is 2.08. The van der Waals surface area contributed by atoms with E-state index in [0.717, 1.165) is 14.8 Å². The lowest BCUT2D eigenvalue weighted by Crippen LogP contribution is -2.05. The zero-order valence-electron chi connectivity index (χ0n) is 10.1. The van der Waals surface area contributed by atoms with Crippen LogP contribution in [0.4, 0.5) is 0 Å². The molecule has 0 aromatic carbocycles. The third-order valence-corrected chi connectivity index (χ3v) is 3.93. The maximum atomic E-state index is 8.79. The molecule has 0 aliphatic rings. The first-order valence-electron chi connectivity index (χ1n) is 5.26. The second-order valence-corrected chi connectivity index (χ2v) is 5.36. The summed E-state index contributed by atoms with van der Waals surface area (Å²) in [6.45, 7) is 2.44. The topological polar surface area (TPSA) is 80.0 Å². The minimum atomic E-state index is 0.203. The highest BCUT2D eigenvalue weighted by Crippen LogP contribution is 2.15. The quantitative estimate of drug-likeness (QED) is 0.460. The molecule has 1 heterocycles. The third kappa shape index (κ3) is 3.81. The third-order valence-electron chi connectivity index (χ3n) is 2.29. The summed E-state index contributed by atoms with van der Waals surface area (Å²) in [5.74, 6) is 0. The molecule has 1 rings (SSSR count). The lowest BCUT2D eigenvalue weighted by Gasteiger charge is -2.03. The average Bonchev–Trinajstić information content (AvgIpc) is 2.65. The molecule has 7 heteroatoms. The summed E-state index contributed by atoms with van der Waals surface area (Å²) in [6, 6.07) is 1.94. The maximum absolute atomic E-state index is 8.79. The summed E-state index contributed by atoms with van der Waals surface area (Å²) in [4.78, 5) is 4.39. The summed E-state index contributed by atoms with van der Waals surface area (Å²) in [5, 5.41) is 13.0. The molecule has 0 atom stereocenters. The van der Waals surface area contributed by atoms with Gasteiger partial charge in [-0.1, -0.05) is 6.92 Å². The van der Waals surface area contributed by atoms with Crippen LogP contribution in [0.5, 0.6) is 0 Å². The number of aromatic nitrogens is 2. The van der Waals surface area contributed by atoms with Crippen LogP contribution in [0.25, 0.3) is 0 Å². The molecule has 0 spiro atoms. The number of rotatable bonds is 4. The zero-order valence-corrected chi connectivity index (χ0v) is 13.9. The largest absolute Gasteiger partial charge is 0.390 e. The van der Waals surface area contributed by atoms with Gasteiger partial charge in [0.2, 0.25) is 0 Å². The minimum absolute atomic E-state index is 0.203. The molecule has 0 amide bonds. The number of halogens is 2. The molecule has 0 fully saturated rings. The Morgan fingerprint density at radius 3 is 2.83 bits per heavy atom. The Bertz CT molecular complexity index is 538. The fourth-order valence-corrected chi connectivity index (χ4v) is 2.65. The lowest BCUT2D eigenvalue weighted by molar-refractivity contribution is 0.759. The Balaban J connectivity index is 2.92. The Hall–Kier alpha value is -0.880. The van der Waals surface area contributed by atoms with Crippen molar-refractivity contribution in [2.24, 2.45) is 17.8 Å². The second kappa shape index (κ2) is 6.89. The van der Waals surface area contributed by atoms with E-state index in [-0.39, 0.29) is 5.70 Å². The molecule has 0 aliphatic heterocycles. The van der Waals surface area contributed by atoms with Gasteiger partial charge < -0.3 is 5.73 Å². The van der Waals surface area contributed by atoms with Crippen molar-refractivity contribution in [1.29, 1.82) is 5.26 Å². The molecule has 2 N–H and O–H groups in total. The molecule has 0 bridgehead atoms. The van der Waals surface area contributed by atoms with Crippen molar-refractivity contribution < 1.29 is 0 Å². The summed E-state index contributed by atoms with van der Waals surface area (Å²) in [5.41, 5.74) is 7.60. The summed E-state index contributed by atoms with van der Waals surface area (Å²) < 4.78 is 3.30. The molecule has 0 unspecified atom stereocenters. The average molecular weight is 422 g/mol. The number of nitrogens with zero attached hydrogens (tertiary/aromatic N) is 4. The number of nitrogens with two attached hydrogens (primary N) is 1. The molecule has 1 aromatic rings. The Morgan fingerprint density at radius 2 is 2.39 bits per heavy atom. The van der Waals surface area contributed by atoms with Crippen molar-refractivity contribution >= 4 is 43.1 Å². The Labute approximate surface area is 128 Å². The normalized spacial score (nSPS) is 13.2. The molecule has 0 aliphatic carbocycles. The van der Waals surface area contributed by atoms with Crippen molar-refractivity contribution in [2.45, 2.75) is 19.9 Å². The van der Waals surface area contributed by atoms with E-state index in [1.54, 1.807) is 4.68 Å². The molecule has 96 valence electrons. The number of nitriles is 1. The second-order valence-electron chi connectivity index (χ2n) is 3.58. The fraction of sp³-hybridized carbons (Fsp3) is 0.364. The van der Waals surface area contributed by atoms with Gasteiger partial charge in [-0.25, -0.2) is 0 Å². The lowest BCUT2D eigenvalue weighted by atomic mass is 10.2. The molecular formula is C11H13BrIN5. The number of aryl methyl sites for hydroxylation is 1. The number of allylic oxidation sites excluding steroid dienone is 2. The molecule has 5 nitrogen and oxygen atoms in total.